The number of alkyl halides is 3. The number of allylic oxidation sites excluding steroid dienone is 1. The molecule has 71 heavy (non-hydrogen) atoms. The molecule has 4 saturated heterocycles. The van der Waals surface area contributed by atoms with Gasteiger partial charge in [-0.3, -0.25) is 4.90 Å². The number of nitrogens with zero attached hydrogens (tertiary/aromatic N) is 3. The molecule has 0 aliphatic carbocycles. The van der Waals surface area contributed by atoms with Crippen molar-refractivity contribution in [1.82, 2.24) is 14.7 Å². The number of aliphatic hydroxyl groups excluding tert-OH is 2. The summed E-state index contributed by atoms with van der Waals surface area (Å²) >= 11 is 5.99. The van der Waals surface area contributed by atoms with E-state index in [9.17, 15) is 27.8 Å². The molecule has 2 unspecified atom stereocenters. The molecule has 2 atom stereocenters. The Morgan fingerprint density at radius 1 is 0.648 bits per heavy atom. The second-order valence-corrected chi connectivity index (χ2v) is 24.1. The van der Waals surface area contributed by atoms with Gasteiger partial charge in [-0.25, -0.2) is 4.39 Å². The van der Waals surface area contributed by atoms with Crippen LogP contribution in [0.1, 0.15) is 155 Å². The van der Waals surface area contributed by atoms with Gasteiger partial charge in [0, 0.05) is 50.0 Å². The van der Waals surface area contributed by atoms with Crippen LogP contribution < -0.4 is 0 Å². The first-order valence-corrected chi connectivity index (χ1v) is 27.3. The van der Waals surface area contributed by atoms with E-state index >= 15 is 0 Å². The zero-order valence-corrected chi connectivity index (χ0v) is 45.6. The van der Waals surface area contributed by atoms with Crippen LogP contribution in [0.2, 0.25) is 5.02 Å². The van der Waals surface area contributed by atoms with Crippen LogP contribution in [0.3, 0.4) is 0 Å². The fraction of sp³-hybridized carbons (Fsp3) is 0.667. The standard InChI is InChI=1S/C25H38FNO.C18H28ClNO.C17H24F3NO/c1-19(2)17-24(18-25(3,4)22-5-7-23(26)8-6-22)27-13-9-20(10-14-27)21-11-15-28-16-12-21;1-14(20-10-8-15(13-21)9-11-20)12-18(2,3)16-4-6-17(19)7-5-16;1-16(2,9-12-21-10-7-15(22)8-11-21)13-3-5-14(6-4-13)17(18,19)20/h5-8,17,20-21,24H,9-16,18H2,1-4H3;4-7,14-15,21H,8-13H2,1-3H3;3-6,15,22H,7-12H2,1-2H3. The van der Waals surface area contributed by atoms with Gasteiger partial charge in [0.1, 0.15) is 5.82 Å². The first kappa shape index (κ1) is 59.1. The first-order valence-electron chi connectivity index (χ1n) is 26.9. The third kappa shape index (κ3) is 18.8. The number of aliphatic hydroxyl groups is 2. The summed E-state index contributed by atoms with van der Waals surface area (Å²) in [5.41, 5.74) is 4.28. The van der Waals surface area contributed by atoms with E-state index in [-0.39, 0.29) is 28.2 Å². The lowest BCUT2D eigenvalue weighted by Gasteiger charge is -2.42. The molecule has 4 heterocycles. The predicted molar refractivity (Wildman–Crippen MR) is 286 cm³/mol. The second-order valence-electron chi connectivity index (χ2n) is 23.6. The van der Waals surface area contributed by atoms with Crippen LogP contribution in [-0.4, -0.2) is 109 Å². The molecule has 4 aliphatic heterocycles. The number of ether oxygens (including phenoxy) is 1. The van der Waals surface area contributed by atoms with E-state index in [1.54, 1.807) is 24.3 Å². The molecule has 0 radical (unpaired) electrons. The Morgan fingerprint density at radius 3 is 1.63 bits per heavy atom. The number of likely N-dealkylation sites (tertiary alicyclic amines) is 3. The lowest BCUT2D eigenvalue weighted by molar-refractivity contribution is -0.137. The molecule has 3 aromatic carbocycles. The summed E-state index contributed by atoms with van der Waals surface area (Å²) in [7, 11) is 0. The van der Waals surface area contributed by atoms with Crippen molar-refractivity contribution < 1.29 is 32.5 Å². The Bertz CT molecular complexity index is 2010. The molecule has 7 rings (SSSR count). The number of piperidine rings is 3. The maximum absolute atomic E-state index is 13.4. The van der Waals surface area contributed by atoms with E-state index in [0.29, 0.717) is 24.6 Å². The van der Waals surface area contributed by atoms with Gasteiger partial charge >= 0.3 is 6.18 Å². The lowest BCUT2D eigenvalue weighted by atomic mass is 9.77. The molecular weight excluding hydrogens is 922 g/mol. The molecule has 3 aromatic rings. The average Bonchev–Trinajstić information content (AvgIpc) is 3.34. The van der Waals surface area contributed by atoms with E-state index in [1.165, 1.54) is 55.5 Å². The largest absolute Gasteiger partial charge is 0.416 e. The monoisotopic (exact) mass is 1010 g/mol. The molecule has 398 valence electrons. The topological polar surface area (TPSA) is 59.4 Å². The van der Waals surface area contributed by atoms with Crippen molar-refractivity contribution in [2.24, 2.45) is 17.8 Å². The molecule has 0 saturated carbocycles. The van der Waals surface area contributed by atoms with Crippen molar-refractivity contribution in [3.05, 3.63) is 118 Å². The molecule has 0 aromatic heterocycles. The minimum absolute atomic E-state index is 0.0157. The predicted octanol–water partition coefficient (Wildman–Crippen LogP) is 13.9. The summed E-state index contributed by atoms with van der Waals surface area (Å²) in [5, 5.41) is 19.5. The summed E-state index contributed by atoms with van der Waals surface area (Å²) in [6, 6.07) is 21.8. The Morgan fingerprint density at radius 2 is 1.11 bits per heavy atom. The molecule has 0 amide bonds. The van der Waals surface area contributed by atoms with Gasteiger partial charge in [-0.05, 0) is 211 Å². The van der Waals surface area contributed by atoms with E-state index in [4.69, 9.17) is 16.3 Å². The van der Waals surface area contributed by atoms with Crippen molar-refractivity contribution in [1.29, 1.82) is 0 Å². The van der Waals surface area contributed by atoms with Crippen molar-refractivity contribution in [2.45, 2.75) is 174 Å². The Labute approximate surface area is 431 Å². The number of hydrogen-bond donors (Lipinski definition) is 2. The highest BCUT2D eigenvalue weighted by Gasteiger charge is 2.34. The lowest BCUT2D eigenvalue weighted by Crippen LogP contribution is -2.44. The number of benzene rings is 3. The quantitative estimate of drug-likeness (QED) is 0.117. The maximum Gasteiger partial charge on any atom is 0.416 e. The summed E-state index contributed by atoms with van der Waals surface area (Å²) in [4.78, 5) is 7.58. The smallest absolute Gasteiger partial charge is 0.396 e. The Balaban J connectivity index is 0.000000201. The molecule has 4 fully saturated rings. The molecule has 6 nitrogen and oxygen atoms in total. The molecule has 4 aliphatic rings. The Kier molecular flexibility index (Phi) is 22.5. The molecule has 0 spiro atoms. The van der Waals surface area contributed by atoms with Crippen LogP contribution in [0.4, 0.5) is 17.6 Å². The minimum atomic E-state index is -4.28. The minimum Gasteiger partial charge on any atom is -0.396 e. The Hall–Kier alpha value is -2.83. The summed E-state index contributed by atoms with van der Waals surface area (Å²) in [6.45, 7) is 29.6. The van der Waals surface area contributed by atoms with E-state index in [1.807, 2.05) is 24.3 Å². The van der Waals surface area contributed by atoms with Crippen LogP contribution in [0.15, 0.2) is 84.4 Å². The van der Waals surface area contributed by atoms with Gasteiger partial charge in [-0.1, -0.05) is 101 Å². The van der Waals surface area contributed by atoms with Crippen LogP contribution >= 0.6 is 11.6 Å². The molecule has 11 heteroatoms. The van der Waals surface area contributed by atoms with E-state index < -0.39 is 11.7 Å². The van der Waals surface area contributed by atoms with Crippen LogP contribution in [0, 0.1) is 23.6 Å². The normalized spacial score (nSPS) is 20.1. The van der Waals surface area contributed by atoms with Gasteiger partial charge in [0.15, 0.2) is 0 Å². The molecule has 2 N–H and O–H groups in total. The number of rotatable bonds is 15. The maximum atomic E-state index is 13.4. The van der Waals surface area contributed by atoms with Crippen LogP contribution in [-0.2, 0) is 27.2 Å². The summed E-state index contributed by atoms with van der Waals surface area (Å²) in [6.07, 6.45) is 10.1. The third-order valence-corrected chi connectivity index (χ3v) is 16.7. The zero-order valence-electron chi connectivity index (χ0n) is 44.9. The highest BCUT2D eigenvalue weighted by atomic mass is 35.5. The molecule has 0 bridgehead atoms. The fourth-order valence-electron chi connectivity index (χ4n) is 11.4. The molecular formula is C60H90ClF4N3O3. The fourth-order valence-corrected chi connectivity index (χ4v) is 11.6. The number of hydrogen-bond acceptors (Lipinski definition) is 6. The van der Waals surface area contributed by atoms with Gasteiger partial charge in [-0.2, -0.15) is 13.2 Å². The number of halogens is 5. The van der Waals surface area contributed by atoms with Gasteiger partial charge in [-0.15, -0.1) is 0 Å². The van der Waals surface area contributed by atoms with E-state index in [2.05, 4.69) is 95.2 Å². The first-order chi connectivity index (χ1) is 33.5. The highest BCUT2D eigenvalue weighted by Crippen LogP contribution is 2.37. The van der Waals surface area contributed by atoms with Gasteiger partial charge < -0.3 is 24.7 Å². The zero-order chi connectivity index (χ0) is 52.0. The van der Waals surface area contributed by atoms with Crippen LogP contribution in [0.5, 0.6) is 0 Å². The van der Waals surface area contributed by atoms with Crippen molar-refractivity contribution >= 4 is 11.6 Å². The summed E-state index contributed by atoms with van der Waals surface area (Å²) < 4.78 is 56.8. The van der Waals surface area contributed by atoms with E-state index in [0.717, 1.165) is 125 Å². The summed E-state index contributed by atoms with van der Waals surface area (Å²) in [5.74, 6) is 2.10. The van der Waals surface area contributed by atoms with Crippen molar-refractivity contribution in [3.8, 4) is 0 Å². The SMILES string of the molecule is CC(C)(CCN1CCC(O)CC1)c1ccc(C(F)(F)F)cc1.CC(C)=CC(CC(C)(C)c1ccc(F)cc1)N1CCC(C2CCOCC2)CC1.CC(CC(C)(C)c1ccc(Cl)cc1)N1CCC(CO)CC1. The third-order valence-electron chi connectivity index (χ3n) is 16.4. The van der Waals surface area contributed by atoms with Crippen molar-refractivity contribution in [2.75, 3.05) is 65.6 Å². The average molecular weight is 1010 g/mol. The van der Waals surface area contributed by atoms with Gasteiger partial charge in [0.05, 0.1) is 11.7 Å². The van der Waals surface area contributed by atoms with Crippen LogP contribution in [0.25, 0.3) is 0 Å². The highest BCUT2D eigenvalue weighted by molar-refractivity contribution is 6.30. The van der Waals surface area contributed by atoms with Crippen molar-refractivity contribution in [3.63, 3.8) is 0 Å². The second kappa shape index (κ2) is 27.1. The van der Waals surface area contributed by atoms with Gasteiger partial charge in [0.2, 0.25) is 0 Å². The van der Waals surface area contributed by atoms with Gasteiger partial charge in [0.25, 0.3) is 0 Å².